The maximum absolute atomic E-state index is 11.7. The number of carbonyl (C=O) groups excluding carboxylic acids is 1. The van der Waals surface area contributed by atoms with Crippen molar-refractivity contribution in [2.75, 3.05) is 6.54 Å². The minimum atomic E-state index is -0.423. The van der Waals surface area contributed by atoms with Crippen LogP contribution in [0.5, 0.6) is 0 Å². The number of rotatable bonds is 5. The molecule has 2 amide bonds. The van der Waals surface area contributed by atoms with Gasteiger partial charge < -0.3 is 20.1 Å². The SMILES string of the molecule is Cc1cccc2nc(CNC(=O)NCC(O)C3CC3)cn12. The van der Waals surface area contributed by atoms with E-state index in [4.69, 9.17) is 0 Å². The van der Waals surface area contributed by atoms with Crippen molar-refractivity contribution in [2.45, 2.75) is 32.4 Å². The number of amides is 2. The molecule has 6 heteroatoms. The molecule has 21 heavy (non-hydrogen) atoms. The van der Waals surface area contributed by atoms with Gasteiger partial charge in [-0.2, -0.15) is 0 Å². The molecule has 1 saturated carbocycles. The van der Waals surface area contributed by atoms with Gasteiger partial charge in [0.15, 0.2) is 0 Å². The van der Waals surface area contributed by atoms with Gasteiger partial charge in [-0.1, -0.05) is 6.07 Å². The highest BCUT2D eigenvalue weighted by Crippen LogP contribution is 2.32. The average Bonchev–Trinajstić information content (AvgIpc) is 3.23. The van der Waals surface area contributed by atoms with Crippen molar-refractivity contribution in [2.24, 2.45) is 5.92 Å². The monoisotopic (exact) mass is 288 g/mol. The third-order valence-corrected chi connectivity index (χ3v) is 3.81. The van der Waals surface area contributed by atoms with Gasteiger partial charge >= 0.3 is 6.03 Å². The smallest absolute Gasteiger partial charge is 0.315 e. The zero-order valence-corrected chi connectivity index (χ0v) is 12.0. The quantitative estimate of drug-likeness (QED) is 0.774. The molecule has 0 saturated heterocycles. The summed E-state index contributed by atoms with van der Waals surface area (Å²) in [6, 6.07) is 5.63. The van der Waals surface area contributed by atoms with Crippen molar-refractivity contribution < 1.29 is 9.90 Å². The fourth-order valence-corrected chi connectivity index (χ4v) is 2.36. The lowest BCUT2D eigenvalue weighted by molar-refractivity contribution is 0.149. The van der Waals surface area contributed by atoms with Gasteiger partial charge in [0, 0.05) is 18.4 Å². The van der Waals surface area contributed by atoms with Crippen molar-refractivity contribution in [3.63, 3.8) is 0 Å². The summed E-state index contributed by atoms with van der Waals surface area (Å²) in [4.78, 5) is 16.1. The summed E-state index contributed by atoms with van der Waals surface area (Å²) in [5, 5.41) is 15.1. The molecular weight excluding hydrogens is 268 g/mol. The van der Waals surface area contributed by atoms with Crippen LogP contribution in [0.25, 0.3) is 5.65 Å². The second-order valence-electron chi connectivity index (χ2n) is 5.60. The van der Waals surface area contributed by atoms with Crippen LogP contribution >= 0.6 is 0 Å². The van der Waals surface area contributed by atoms with E-state index in [1.54, 1.807) is 0 Å². The van der Waals surface area contributed by atoms with Crippen molar-refractivity contribution in [3.8, 4) is 0 Å². The lowest BCUT2D eigenvalue weighted by atomic mass is 10.2. The number of aryl methyl sites for hydroxylation is 1. The molecule has 1 fully saturated rings. The van der Waals surface area contributed by atoms with E-state index in [2.05, 4.69) is 15.6 Å². The molecule has 1 unspecified atom stereocenters. The largest absolute Gasteiger partial charge is 0.391 e. The van der Waals surface area contributed by atoms with Crippen LogP contribution < -0.4 is 10.6 Å². The molecule has 2 aromatic rings. The number of hydrogen-bond donors (Lipinski definition) is 3. The summed E-state index contributed by atoms with van der Waals surface area (Å²) in [6.07, 6.45) is 3.62. The van der Waals surface area contributed by atoms with E-state index in [0.717, 1.165) is 29.9 Å². The van der Waals surface area contributed by atoms with E-state index in [1.807, 2.05) is 35.7 Å². The highest BCUT2D eigenvalue weighted by molar-refractivity contribution is 5.73. The molecule has 0 aliphatic heterocycles. The molecule has 1 atom stereocenters. The molecule has 112 valence electrons. The molecule has 0 aromatic carbocycles. The number of fused-ring (bicyclic) bond motifs is 1. The van der Waals surface area contributed by atoms with Crippen molar-refractivity contribution >= 4 is 11.7 Å². The number of imidazole rings is 1. The molecule has 2 aromatic heterocycles. The third kappa shape index (κ3) is 3.33. The molecule has 1 aliphatic carbocycles. The van der Waals surface area contributed by atoms with Crippen molar-refractivity contribution in [1.29, 1.82) is 0 Å². The Morgan fingerprint density at radius 2 is 2.29 bits per heavy atom. The maximum Gasteiger partial charge on any atom is 0.315 e. The average molecular weight is 288 g/mol. The Morgan fingerprint density at radius 3 is 3.00 bits per heavy atom. The standard InChI is InChI=1S/C15H20N4O2/c1-10-3-2-4-14-18-12(9-19(10)14)7-16-15(21)17-8-13(20)11-5-6-11/h2-4,9,11,13,20H,5-8H2,1H3,(H2,16,17,21). The van der Waals surface area contributed by atoms with Crippen molar-refractivity contribution in [3.05, 3.63) is 35.8 Å². The van der Waals surface area contributed by atoms with Gasteiger partial charge in [0.25, 0.3) is 0 Å². The van der Waals surface area contributed by atoms with Gasteiger partial charge in [0.1, 0.15) is 5.65 Å². The third-order valence-electron chi connectivity index (χ3n) is 3.81. The van der Waals surface area contributed by atoms with Gasteiger partial charge in [0.05, 0.1) is 18.3 Å². The Kier molecular flexibility index (Phi) is 3.79. The molecule has 0 spiro atoms. The van der Waals surface area contributed by atoms with E-state index in [-0.39, 0.29) is 6.03 Å². The van der Waals surface area contributed by atoms with E-state index in [0.29, 0.717) is 19.0 Å². The fraction of sp³-hybridized carbons (Fsp3) is 0.467. The first-order valence-corrected chi connectivity index (χ1v) is 7.27. The van der Waals surface area contributed by atoms with Gasteiger partial charge in [0.2, 0.25) is 0 Å². The number of nitrogens with zero attached hydrogens (tertiary/aromatic N) is 2. The van der Waals surface area contributed by atoms with Crippen LogP contribution in [0, 0.1) is 12.8 Å². The van der Waals surface area contributed by atoms with Crippen LogP contribution in [0.3, 0.4) is 0 Å². The van der Waals surface area contributed by atoms with E-state index >= 15 is 0 Å². The Balaban J connectivity index is 1.51. The normalized spacial score (nSPS) is 15.9. The van der Waals surface area contributed by atoms with Crippen LogP contribution in [0.4, 0.5) is 4.79 Å². The summed E-state index contributed by atoms with van der Waals surface area (Å²) in [7, 11) is 0. The molecule has 0 radical (unpaired) electrons. The van der Waals surface area contributed by atoms with E-state index in [9.17, 15) is 9.90 Å². The van der Waals surface area contributed by atoms with Crippen LogP contribution in [-0.4, -0.2) is 33.2 Å². The highest BCUT2D eigenvalue weighted by Gasteiger charge is 2.29. The number of aliphatic hydroxyl groups excluding tert-OH is 1. The first-order valence-electron chi connectivity index (χ1n) is 7.27. The lowest BCUT2D eigenvalue weighted by Crippen LogP contribution is -2.40. The second kappa shape index (κ2) is 5.73. The molecular formula is C15H20N4O2. The van der Waals surface area contributed by atoms with Crippen LogP contribution in [-0.2, 0) is 6.54 Å². The fourth-order valence-electron chi connectivity index (χ4n) is 2.36. The summed E-state index contributed by atoms with van der Waals surface area (Å²) >= 11 is 0. The van der Waals surface area contributed by atoms with E-state index < -0.39 is 6.10 Å². The lowest BCUT2D eigenvalue weighted by Gasteiger charge is -2.10. The zero-order valence-electron chi connectivity index (χ0n) is 12.0. The molecule has 6 nitrogen and oxygen atoms in total. The predicted molar refractivity (Wildman–Crippen MR) is 78.9 cm³/mol. The van der Waals surface area contributed by atoms with Crippen LogP contribution in [0.15, 0.2) is 24.4 Å². The zero-order chi connectivity index (χ0) is 14.8. The highest BCUT2D eigenvalue weighted by atomic mass is 16.3. The van der Waals surface area contributed by atoms with Crippen LogP contribution in [0.1, 0.15) is 24.2 Å². The number of hydrogen-bond acceptors (Lipinski definition) is 3. The molecule has 1 aliphatic rings. The minimum Gasteiger partial charge on any atom is -0.391 e. The number of urea groups is 1. The Morgan fingerprint density at radius 1 is 1.48 bits per heavy atom. The molecule has 3 N–H and O–H groups in total. The number of pyridine rings is 1. The maximum atomic E-state index is 11.7. The van der Waals surface area contributed by atoms with Crippen LogP contribution in [0.2, 0.25) is 0 Å². The molecule has 2 heterocycles. The number of nitrogens with one attached hydrogen (secondary N) is 2. The van der Waals surface area contributed by atoms with Crippen molar-refractivity contribution in [1.82, 2.24) is 20.0 Å². The predicted octanol–water partition coefficient (Wildman–Crippen LogP) is 1.21. The van der Waals surface area contributed by atoms with Gasteiger partial charge in [-0.05, 0) is 37.8 Å². The number of carbonyl (C=O) groups is 1. The first kappa shape index (κ1) is 13.9. The Bertz CT molecular complexity index is 648. The second-order valence-corrected chi connectivity index (χ2v) is 5.60. The summed E-state index contributed by atoms with van der Waals surface area (Å²) in [5.41, 5.74) is 2.78. The summed E-state index contributed by atoms with van der Waals surface area (Å²) in [6.45, 7) is 2.69. The number of aromatic nitrogens is 2. The van der Waals surface area contributed by atoms with Gasteiger partial charge in [-0.3, -0.25) is 0 Å². The molecule has 0 bridgehead atoms. The van der Waals surface area contributed by atoms with Gasteiger partial charge in [-0.15, -0.1) is 0 Å². The Labute approximate surface area is 123 Å². The number of aliphatic hydroxyl groups is 1. The first-order chi connectivity index (χ1) is 10.1. The topological polar surface area (TPSA) is 78.7 Å². The molecule has 3 rings (SSSR count). The van der Waals surface area contributed by atoms with E-state index in [1.165, 1.54) is 0 Å². The van der Waals surface area contributed by atoms with Gasteiger partial charge in [-0.25, -0.2) is 9.78 Å². The minimum absolute atomic E-state index is 0.275. The summed E-state index contributed by atoms with van der Waals surface area (Å²) in [5.74, 6) is 0.367. The Hall–Kier alpha value is -2.08. The summed E-state index contributed by atoms with van der Waals surface area (Å²) < 4.78 is 1.99.